The summed E-state index contributed by atoms with van der Waals surface area (Å²) in [7, 11) is 0. The third-order valence-corrected chi connectivity index (χ3v) is 1.83. The lowest BCUT2D eigenvalue weighted by Crippen LogP contribution is -2.28. The van der Waals surface area contributed by atoms with Gasteiger partial charge in [-0.15, -0.1) is 0 Å². The van der Waals surface area contributed by atoms with E-state index in [2.05, 4.69) is 0 Å². The van der Waals surface area contributed by atoms with Gasteiger partial charge in [0.25, 0.3) is 0 Å². The number of aliphatic carboxylic acids is 1. The SMILES string of the molecule is CCOC(C)CC(C)(C)C(=O)O. The van der Waals surface area contributed by atoms with Gasteiger partial charge in [-0.1, -0.05) is 0 Å². The molecule has 1 atom stereocenters. The Balaban J connectivity index is 3.96. The summed E-state index contributed by atoms with van der Waals surface area (Å²) in [6.07, 6.45) is 0.567. The smallest absolute Gasteiger partial charge is 0.309 e. The van der Waals surface area contributed by atoms with Gasteiger partial charge in [-0.05, 0) is 34.1 Å². The van der Waals surface area contributed by atoms with Crippen molar-refractivity contribution in [3.05, 3.63) is 0 Å². The average molecular weight is 174 g/mol. The zero-order chi connectivity index (χ0) is 9.78. The van der Waals surface area contributed by atoms with Crippen molar-refractivity contribution in [2.45, 2.75) is 40.2 Å². The highest BCUT2D eigenvalue weighted by atomic mass is 16.5. The minimum Gasteiger partial charge on any atom is -0.481 e. The van der Waals surface area contributed by atoms with E-state index < -0.39 is 11.4 Å². The highest BCUT2D eigenvalue weighted by Crippen LogP contribution is 2.23. The van der Waals surface area contributed by atoms with Gasteiger partial charge in [-0.25, -0.2) is 0 Å². The molecule has 0 saturated carbocycles. The van der Waals surface area contributed by atoms with E-state index in [1.807, 2.05) is 13.8 Å². The molecule has 1 unspecified atom stereocenters. The van der Waals surface area contributed by atoms with Crippen LogP contribution in [0.15, 0.2) is 0 Å². The van der Waals surface area contributed by atoms with Gasteiger partial charge in [0.2, 0.25) is 0 Å². The molecule has 1 N–H and O–H groups in total. The molecule has 0 aromatic heterocycles. The second-order valence-corrected chi connectivity index (χ2v) is 3.66. The molecule has 0 saturated heterocycles. The van der Waals surface area contributed by atoms with Gasteiger partial charge >= 0.3 is 5.97 Å². The lowest BCUT2D eigenvalue weighted by molar-refractivity contribution is -0.149. The summed E-state index contributed by atoms with van der Waals surface area (Å²) in [4.78, 5) is 10.7. The quantitative estimate of drug-likeness (QED) is 0.692. The molecule has 3 heteroatoms. The molecule has 3 nitrogen and oxygen atoms in total. The van der Waals surface area contributed by atoms with Gasteiger partial charge < -0.3 is 9.84 Å². The van der Waals surface area contributed by atoms with Crippen LogP contribution in [0.1, 0.15) is 34.1 Å². The average Bonchev–Trinajstić information content (AvgIpc) is 1.85. The van der Waals surface area contributed by atoms with Crippen molar-refractivity contribution in [2.24, 2.45) is 5.41 Å². The van der Waals surface area contributed by atoms with Crippen LogP contribution in [0.4, 0.5) is 0 Å². The number of carboxylic acids is 1. The van der Waals surface area contributed by atoms with Crippen LogP contribution in [0.3, 0.4) is 0 Å². The van der Waals surface area contributed by atoms with Crippen molar-refractivity contribution in [3.63, 3.8) is 0 Å². The Labute approximate surface area is 73.7 Å². The molecule has 0 rings (SSSR count). The molecular weight excluding hydrogens is 156 g/mol. The number of rotatable bonds is 5. The van der Waals surface area contributed by atoms with Crippen LogP contribution in [0.25, 0.3) is 0 Å². The molecule has 0 aliphatic carbocycles. The summed E-state index contributed by atoms with van der Waals surface area (Å²) >= 11 is 0. The standard InChI is InChI=1S/C9H18O3/c1-5-12-7(2)6-9(3,4)8(10)11/h7H,5-6H2,1-4H3,(H,10,11). The highest BCUT2D eigenvalue weighted by Gasteiger charge is 2.29. The van der Waals surface area contributed by atoms with Crippen molar-refractivity contribution in [1.29, 1.82) is 0 Å². The fraction of sp³-hybridized carbons (Fsp3) is 0.889. The van der Waals surface area contributed by atoms with Gasteiger partial charge in [-0.3, -0.25) is 4.79 Å². The minimum absolute atomic E-state index is 0.0149. The van der Waals surface area contributed by atoms with Crippen molar-refractivity contribution in [2.75, 3.05) is 6.61 Å². The minimum atomic E-state index is -0.769. The first-order valence-electron chi connectivity index (χ1n) is 4.25. The second kappa shape index (κ2) is 4.45. The Kier molecular flexibility index (Phi) is 4.24. The van der Waals surface area contributed by atoms with Gasteiger partial charge in [0.15, 0.2) is 0 Å². The van der Waals surface area contributed by atoms with Crippen molar-refractivity contribution < 1.29 is 14.6 Å². The van der Waals surface area contributed by atoms with E-state index in [0.717, 1.165) is 0 Å². The van der Waals surface area contributed by atoms with Crippen LogP contribution in [0.5, 0.6) is 0 Å². The van der Waals surface area contributed by atoms with Crippen LogP contribution >= 0.6 is 0 Å². The maximum Gasteiger partial charge on any atom is 0.309 e. The zero-order valence-electron chi connectivity index (χ0n) is 8.26. The first kappa shape index (κ1) is 11.4. The Morgan fingerprint density at radius 1 is 1.58 bits per heavy atom. The Morgan fingerprint density at radius 3 is 2.42 bits per heavy atom. The molecule has 12 heavy (non-hydrogen) atoms. The first-order chi connectivity index (χ1) is 5.40. The summed E-state index contributed by atoms with van der Waals surface area (Å²) in [6.45, 7) is 7.87. The predicted molar refractivity (Wildman–Crippen MR) is 47.1 cm³/mol. The van der Waals surface area contributed by atoms with Crippen molar-refractivity contribution in [3.8, 4) is 0 Å². The highest BCUT2D eigenvalue weighted by molar-refractivity contribution is 5.73. The third-order valence-electron chi connectivity index (χ3n) is 1.83. The van der Waals surface area contributed by atoms with Crippen LogP contribution in [0, 0.1) is 5.41 Å². The Hall–Kier alpha value is -0.570. The number of hydrogen-bond acceptors (Lipinski definition) is 2. The van der Waals surface area contributed by atoms with E-state index in [1.165, 1.54) is 0 Å². The number of carbonyl (C=O) groups is 1. The van der Waals surface area contributed by atoms with Crippen LogP contribution in [0.2, 0.25) is 0 Å². The molecule has 72 valence electrons. The summed E-state index contributed by atoms with van der Waals surface area (Å²) in [5, 5.41) is 8.80. The Morgan fingerprint density at radius 2 is 2.08 bits per heavy atom. The van der Waals surface area contributed by atoms with E-state index in [1.54, 1.807) is 13.8 Å². The fourth-order valence-electron chi connectivity index (χ4n) is 1.15. The lowest BCUT2D eigenvalue weighted by Gasteiger charge is -2.23. The molecule has 0 bridgehead atoms. The summed E-state index contributed by atoms with van der Waals surface area (Å²) < 4.78 is 5.26. The van der Waals surface area contributed by atoms with Gasteiger partial charge in [0.05, 0.1) is 11.5 Å². The van der Waals surface area contributed by atoms with Gasteiger partial charge in [0, 0.05) is 6.61 Å². The Bertz CT molecular complexity index is 152. The van der Waals surface area contributed by atoms with Crippen LogP contribution in [-0.4, -0.2) is 23.8 Å². The number of ether oxygens (including phenoxy) is 1. The predicted octanol–water partition coefficient (Wildman–Crippen LogP) is 1.91. The molecule has 0 aliphatic rings. The molecule has 0 heterocycles. The molecule has 0 spiro atoms. The van der Waals surface area contributed by atoms with Crippen molar-refractivity contribution >= 4 is 5.97 Å². The number of carboxylic acid groups (broad SMARTS) is 1. The van der Waals surface area contributed by atoms with E-state index in [9.17, 15) is 4.79 Å². The maximum atomic E-state index is 10.7. The first-order valence-corrected chi connectivity index (χ1v) is 4.25. The van der Waals surface area contributed by atoms with E-state index in [-0.39, 0.29) is 6.10 Å². The molecular formula is C9H18O3. The zero-order valence-corrected chi connectivity index (χ0v) is 8.26. The number of hydrogen-bond donors (Lipinski definition) is 1. The van der Waals surface area contributed by atoms with E-state index >= 15 is 0 Å². The molecule has 0 fully saturated rings. The largest absolute Gasteiger partial charge is 0.481 e. The van der Waals surface area contributed by atoms with Gasteiger partial charge in [-0.2, -0.15) is 0 Å². The summed E-state index contributed by atoms with van der Waals surface area (Å²) in [5.41, 5.74) is -0.686. The fourth-order valence-corrected chi connectivity index (χ4v) is 1.15. The molecule has 0 aromatic carbocycles. The third kappa shape index (κ3) is 3.72. The van der Waals surface area contributed by atoms with E-state index in [0.29, 0.717) is 13.0 Å². The van der Waals surface area contributed by atoms with Crippen LogP contribution in [-0.2, 0) is 9.53 Å². The molecule has 0 aliphatic heterocycles. The topological polar surface area (TPSA) is 46.5 Å². The van der Waals surface area contributed by atoms with Gasteiger partial charge in [0.1, 0.15) is 0 Å². The molecule has 0 aromatic rings. The van der Waals surface area contributed by atoms with Crippen LogP contribution < -0.4 is 0 Å². The normalized spacial score (nSPS) is 14.3. The second-order valence-electron chi connectivity index (χ2n) is 3.66. The summed E-state index contributed by atoms with van der Waals surface area (Å²) in [6, 6.07) is 0. The molecule has 0 radical (unpaired) electrons. The summed E-state index contributed by atoms with van der Waals surface area (Å²) in [5.74, 6) is -0.769. The maximum absolute atomic E-state index is 10.7. The van der Waals surface area contributed by atoms with Crippen molar-refractivity contribution in [1.82, 2.24) is 0 Å². The lowest BCUT2D eigenvalue weighted by atomic mass is 9.87. The van der Waals surface area contributed by atoms with E-state index in [4.69, 9.17) is 9.84 Å². The monoisotopic (exact) mass is 174 g/mol. The molecule has 0 amide bonds.